The van der Waals surface area contributed by atoms with Gasteiger partial charge in [0.05, 0.1) is 6.54 Å². The Bertz CT molecular complexity index is 614. The summed E-state index contributed by atoms with van der Waals surface area (Å²) in [6.07, 6.45) is 2.83. The number of aliphatic carboxylic acids is 1. The first kappa shape index (κ1) is 14.3. The maximum Gasteiger partial charge on any atom is 0.328 e. The average molecular weight is 287 g/mol. The van der Waals surface area contributed by atoms with E-state index in [2.05, 4.69) is 36.1 Å². The smallest absolute Gasteiger partial charge is 0.328 e. The minimum Gasteiger partial charge on any atom is -0.478 e. The first-order chi connectivity index (χ1) is 9.56. The second-order valence-corrected chi connectivity index (χ2v) is 5.66. The SMILES string of the molecule is Cc1ccc(N(C)Cc2sccc2C=CC(=O)O)cc1. The van der Waals surface area contributed by atoms with Crippen molar-refractivity contribution in [1.29, 1.82) is 0 Å². The predicted octanol–water partition coefficient (Wildman–Crippen LogP) is 3.79. The summed E-state index contributed by atoms with van der Waals surface area (Å²) in [5, 5.41) is 10.7. The molecule has 4 heteroatoms. The van der Waals surface area contributed by atoms with Crippen molar-refractivity contribution in [1.82, 2.24) is 0 Å². The number of rotatable bonds is 5. The van der Waals surface area contributed by atoms with Crippen molar-refractivity contribution < 1.29 is 9.90 Å². The lowest BCUT2D eigenvalue weighted by Crippen LogP contribution is -2.15. The summed E-state index contributed by atoms with van der Waals surface area (Å²) in [6, 6.07) is 10.3. The molecule has 0 atom stereocenters. The third-order valence-electron chi connectivity index (χ3n) is 3.04. The van der Waals surface area contributed by atoms with E-state index in [0.29, 0.717) is 0 Å². The minimum absolute atomic E-state index is 0.764. The lowest BCUT2D eigenvalue weighted by Gasteiger charge is -2.19. The molecular weight excluding hydrogens is 270 g/mol. The Kier molecular flexibility index (Phi) is 4.58. The van der Waals surface area contributed by atoms with Crippen LogP contribution in [0.15, 0.2) is 41.8 Å². The lowest BCUT2D eigenvalue weighted by molar-refractivity contribution is -0.131. The van der Waals surface area contributed by atoms with Crippen LogP contribution in [0.1, 0.15) is 16.0 Å². The van der Waals surface area contributed by atoms with Crippen LogP contribution in [0, 0.1) is 6.92 Å². The Morgan fingerprint density at radius 1 is 1.30 bits per heavy atom. The fourth-order valence-electron chi connectivity index (χ4n) is 1.89. The molecule has 3 nitrogen and oxygen atoms in total. The zero-order chi connectivity index (χ0) is 14.5. The first-order valence-corrected chi connectivity index (χ1v) is 7.19. The van der Waals surface area contributed by atoms with E-state index in [4.69, 9.17) is 5.11 Å². The van der Waals surface area contributed by atoms with Crippen LogP contribution >= 0.6 is 11.3 Å². The Labute approximate surface area is 122 Å². The van der Waals surface area contributed by atoms with Gasteiger partial charge in [0.1, 0.15) is 0 Å². The Balaban J connectivity index is 2.12. The van der Waals surface area contributed by atoms with Crippen LogP contribution in [-0.2, 0) is 11.3 Å². The zero-order valence-electron chi connectivity index (χ0n) is 11.5. The van der Waals surface area contributed by atoms with Gasteiger partial charge >= 0.3 is 5.97 Å². The van der Waals surface area contributed by atoms with Crippen LogP contribution in [0.5, 0.6) is 0 Å². The largest absolute Gasteiger partial charge is 0.478 e. The molecule has 0 bridgehead atoms. The molecule has 0 spiro atoms. The number of anilines is 1. The summed E-state index contributed by atoms with van der Waals surface area (Å²) in [4.78, 5) is 13.9. The van der Waals surface area contributed by atoms with Gasteiger partial charge in [-0.2, -0.15) is 0 Å². The van der Waals surface area contributed by atoms with E-state index in [1.54, 1.807) is 17.4 Å². The van der Waals surface area contributed by atoms with Crippen molar-refractivity contribution in [3.63, 3.8) is 0 Å². The molecule has 20 heavy (non-hydrogen) atoms. The van der Waals surface area contributed by atoms with Gasteiger partial charge < -0.3 is 10.0 Å². The molecule has 0 aliphatic heterocycles. The van der Waals surface area contributed by atoms with Crippen LogP contribution < -0.4 is 4.90 Å². The predicted molar refractivity (Wildman–Crippen MR) is 84.3 cm³/mol. The highest BCUT2D eigenvalue weighted by molar-refractivity contribution is 7.10. The maximum atomic E-state index is 10.6. The Hall–Kier alpha value is -2.07. The number of carboxylic acids is 1. The quantitative estimate of drug-likeness (QED) is 0.851. The molecule has 104 valence electrons. The summed E-state index contributed by atoms with van der Waals surface area (Å²) in [5.41, 5.74) is 3.36. The number of hydrogen-bond donors (Lipinski definition) is 1. The molecule has 0 aliphatic carbocycles. The average Bonchev–Trinajstić information content (AvgIpc) is 2.84. The number of aryl methyl sites for hydroxylation is 1. The highest BCUT2D eigenvalue weighted by Crippen LogP contribution is 2.23. The lowest BCUT2D eigenvalue weighted by atomic mass is 10.2. The third kappa shape index (κ3) is 3.71. The van der Waals surface area contributed by atoms with Crippen LogP contribution in [0.4, 0.5) is 5.69 Å². The van der Waals surface area contributed by atoms with Crippen molar-refractivity contribution in [3.05, 3.63) is 57.8 Å². The van der Waals surface area contributed by atoms with Gasteiger partial charge in [-0.15, -0.1) is 11.3 Å². The number of carbonyl (C=O) groups is 1. The number of benzene rings is 1. The fraction of sp³-hybridized carbons (Fsp3) is 0.188. The molecule has 0 aliphatic rings. The highest BCUT2D eigenvalue weighted by atomic mass is 32.1. The van der Waals surface area contributed by atoms with E-state index < -0.39 is 5.97 Å². The van der Waals surface area contributed by atoms with E-state index in [1.807, 2.05) is 18.5 Å². The summed E-state index contributed by atoms with van der Waals surface area (Å²) < 4.78 is 0. The van der Waals surface area contributed by atoms with E-state index in [-0.39, 0.29) is 0 Å². The van der Waals surface area contributed by atoms with E-state index in [0.717, 1.165) is 22.7 Å². The molecule has 1 heterocycles. The molecule has 0 saturated heterocycles. The Morgan fingerprint density at radius 3 is 2.65 bits per heavy atom. The first-order valence-electron chi connectivity index (χ1n) is 6.31. The van der Waals surface area contributed by atoms with Gasteiger partial charge in [0.2, 0.25) is 0 Å². The number of hydrogen-bond acceptors (Lipinski definition) is 3. The van der Waals surface area contributed by atoms with Gasteiger partial charge in [-0.3, -0.25) is 0 Å². The molecule has 1 aromatic carbocycles. The second-order valence-electron chi connectivity index (χ2n) is 4.66. The minimum atomic E-state index is -0.922. The zero-order valence-corrected chi connectivity index (χ0v) is 12.4. The molecule has 1 N–H and O–H groups in total. The molecule has 1 aromatic heterocycles. The molecule has 0 radical (unpaired) electrons. The maximum absolute atomic E-state index is 10.6. The van der Waals surface area contributed by atoms with Gasteiger partial charge in [-0.25, -0.2) is 4.79 Å². The topological polar surface area (TPSA) is 40.5 Å². The van der Waals surface area contributed by atoms with Gasteiger partial charge in [0, 0.05) is 23.7 Å². The van der Waals surface area contributed by atoms with Crippen molar-refractivity contribution in [2.24, 2.45) is 0 Å². The molecule has 2 rings (SSSR count). The monoisotopic (exact) mass is 287 g/mol. The molecule has 0 amide bonds. The van der Waals surface area contributed by atoms with Crippen molar-refractivity contribution in [2.45, 2.75) is 13.5 Å². The summed E-state index contributed by atoms with van der Waals surface area (Å²) in [7, 11) is 2.04. The van der Waals surface area contributed by atoms with Crippen LogP contribution in [-0.4, -0.2) is 18.1 Å². The van der Waals surface area contributed by atoms with Gasteiger partial charge in [-0.1, -0.05) is 17.7 Å². The number of carboxylic acid groups (broad SMARTS) is 1. The molecule has 0 fully saturated rings. The fourth-order valence-corrected chi connectivity index (χ4v) is 2.81. The van der Waals surface area contributed by atoms with Crippen molar-refractivity contribution in [2.75, 3.05) is 11.9 Å². The van der Waals surface area contributed by atoms with E-state index in [1.165, 1.54) is 11.6 Å². The van der Waals surface area contributed by atoms with Gasteiger partial charge in [0.15, 0.2) is 0 Å². The van der Waals surface area contributed by atoms with Crippen molar-refractivity contribution >= 4 is 29.1 Å². The normalized spacial score (nSPS) is 10.9. The van der Waals surface area contributed by atoms with Gasteiger partial charge in [0.25, 0.3) is 0 Å². The number of thiophene rings is 1. The standard InChI is InChI=1S/C16H17NO2S/c1-12-3-6-14(7-4-12)17(2)11-15-13(9-10-20-15)5-8-16(18)19/h3-10H,11H2,1-2H3,(H,18,19). The summed E-state index contributed by atoms with van der Waals surface area (Å²) >= 11 is 1.64. The van der Waals surface area contributed by atoms with Gasteiger partial charge in [-0.05, 0) is 42.1 Å². The number of nitrogens with zero attached hydrogens (tertiary/aromatic N) is 1. The molecule has 2 aromatic rings. The van der Waals surface area contributed by atoms with E-state index in [9.17, 15) is 4.79 Å². The Morgan fingerprint density at radius 2 is 2.00 bits per heavy atom. The third-order valence-corrected chi connectivity index (χ3v) is 3.96. The molecular formula is C16H17NO2S. The van der Waals surface area contributed by atoms with Crippen LogP contribution in [0.3, 0.4) is 0 Å². The molecule has 0 unspecified atom stereocenters. The van der Waals surface area contributed by atoms with Crippen LogP contribution in [0.2, 0.25) is 0 Å². The highest BCUT2D eigenvalue weighted by Gasteiger charge is 2.07. The van der Waals surface area contributed by atoms with Crippen LogP contribution in [0.25, 0.3) is 6.08 Å². The second kappa shape index (κ2) is 6.39. The van der Waals surface area contributed by atoms with Crippen molar-refractivity contribution in [3.8, 4) is 0 Å². The summed E-state index contributed by atoms with van der Waals surface area (Å²) in [6.45, 7) is 2.83. The molecule has 0 saturated carbocycles. The van der Waals surface area contributed by atoms with E-state index >= 15 is 0 Å². The summed E-state index contributed by atoms with van der Waals surface area (Å²) in [5.74, 6) is -0.922.